The average Bonchev–Trinajstić information content (AvgIpc) is 2.30. The Morgan fingerprint density at radius 1 is 1.41 bits per heavy atom. The van der Waals surface area contributed by atoms with E-state index in [0.717, 1.165) is 0 Å². The van der Waals surface area contributed by atoms with Crippen LogP contribution in [0, 0.1) is 0 Å². The van der Waals surface area contributed by atoms with Crippen molar-refractivity contribution in [2.24, 2.45) is 0 Å². The van der Waals surface area contributed by atoms with Crippen molar-refractivity contribution in [2.75, 3.05) is 11.9 Å². The highest BCUT2D eigenvalue weighted by Gasteiger charge is 2.12. The lowest BCUT2D eigenvalue weighted by Crippen LogP contribution is -2.14. The minimum absolute atomic E-state index is 0.206. The Hall–Kier alpha value is -2.10. The van der Waals surface area contributed by atoms with Crippen molar-refractivity contribution in [2.45, 2.75) is 13.3 Å². The van der Waals surface area contributed by atoms with Crippen LogP contribution in [0.25, 0.3) is 0 Å². The fourth-order valence-corrected chi connectivity index (χ4v) is 1.31. The zero-order chi connectivity index (χ0) is 12.7. The molecule has 0 aliphatic carbocycles. The standard InChI is InChI=1S/C13H15NO3/c1-3-7-12(15)14-11-9-6-5-8-10(11)13(16)17-4-2/h3,5-6,8-9H,1,4,7H2,2H3,(H,14,15). The molecule has 0 radical (unpaired) electrons. The summed E-state index contributed by atoms with van der Waals surface area (Å²) in [5, 5.41) is 2.64. The molecular formula is C13H15NO3. The van der Waals surface area contributed by atoms with Crippen LogP contribution in [-0.2, 0) is 9.53 Å². The SMILES string of the molecule is C=CCC(=O)Nc1ccccc1C(=O)OCC. The van der Waals surface area contributed by atoms with Crippen LogP contribution in [0.3, 0.4) is 0 Å². The quantitative estimate of drug-likeness (QED) is 0.627. The van der Waals surface area contributed by atoms with E-state index >= 15 is 0 Å². The first-order valence-corrected chi connectivity index (χ1v) is 5.36. The highest BCUT2D eigenvalue weighted by atomic mass is 16.5. The number of amides is 1. The van der Waals surface area contributed by atoms with Crippen molar-refractivity contribution < 1.29 is 14.3 Å². The molecule has 0 saturated carbocycles. The lowest BCUT2D eigenvalue weighted by Gasteiger charge is -2.09. The van der Waals surface area contributed by atoms with E-state index in [1.54, 1.807) is 31.2 Å². The van der Waals surface area contributed by atoms with E-state index in [4.69, 9.17) is 4.74 Å². The molecule has 0 aromatic heterocycles. The number of esters is 1. The highest BCUT2D eigenvalue weighted by molar-refractivity contribution is 6.01. The van der Waals surface area contributed by atoms with Crippen molar-refractivity contribution in [1.29, 1.82) is 0 Å². The van der Waals surface area contributed by atoms with Gasteiger partial charge in [-0.2, -0.15) is 0 Å². The minimum Gasteiger partial charge on any atom is -0.462 e. The first-order chi connectivity index (χ1) is 8.19. The topological polar surface area (TPSA) is 55.4 Å². The zero-order valence-corrected chi connectivity index (χ0v) is 9.73. The largest absolute Gasteiger partial charge is 0.462 e. The van der Waals surface area contributed by atoms with Crippen LogP contribution >= 0.6 is 0 Å². The summed E-state index contributed by atoms with van der Waals surface area (Å²) in [6, 6.07) is 6.73. The number of hydrogen-bond acceptors (Lipinski definition) is 3. The van der Waals surface area contributed by atoms with Crippen LogP contribution in [0.4, 0.5) is 5.69 Å². The summed E-state index contributed by atoms with van der Waals surface area (Å²) >= 11 is 0. The molecule has 0 atom stereocenters. The van der Waals surface area contributed by atoms with Gasteiger partial charge in [-0.25, -0.2) is 4.79 Å². The van der Waals surface area contributed by atoms with E-state index < -0.39 is 5.97 Å². The van der Waals surface area contributed by atoms with Gasteiger partial charge in [-0.15, -0.1) is 6.58 Å². The third kappa shape index (κ3) is 3.75. The van der Waals surface area contributed by atoms with Crippen molar-refractivity contribution in [3.05, 3.63) is 42.5 Å². The van der Waals surface area contributed by atoms with Gasteiger partial charge in [-0.1, -0.05) is 18.2 Å². The van der Waals surface area contributed by atoms with Gasteiger partial charge in [0.05, 0.1) is 17.9 Å². The summed E-state index contributed by atoms with van der Waals surface area (Å²) in [6.07, 6.45) is 1.71. The third-order valence-electron chi connectivity index (χ3n) is 2.03. The number of para-hydroxylation sites is 1. The van der Waals surface area contributed by atoms with Crippen LogP contribution in [0.2, 0.25) is 0 Å². The molecule has 4 heteroatoms. The number of benzene rings is 1. The Labute approximate surface area is 100 Å². The van der Waals surface area contributed by atoms with Crippen LogP contribution in [0.1, 0.15) is 23.7 Å². The second-order valence-electron chi connectivity index (χ2n) is 3.31. The molecule has 0 heterocycles. The van der Waals surface area contributed by atoms with Gasteiger partial charge in [0.2, 0.25) is 5.91 Å². The van der Waals surface area contributed by atoms with Gasteiger partial charge in [-0.05, 0) is 19.1 Å². The van der Waals surface area contributed by atoms with E-state index in [2.05, 4.69) is 11.9 Å². The molecule has 1 rings (SSSR count). The van der Waals surface area contributed by atoms with Crippen LogP contribution in [-0.4, -0.2) is 18.5 Å². The molecule has 0 bridgehead atoms. The summed E-state index contributed by atoms with van der Waals surface area (Å²) < 4.78 is 4.90. The van der Waals surface area contributed by atoms with Gasteiger partial charge in [0.1, 0.15) is 0 Å². The van der Waals surface area contributed by atoms with Gasteiger partial charge in [-0.3, -0.25) is 4.79 Å². The van der Waals surface area contributed by atoms with E-state index in [1.807, 2.05) is 0 Å². The van der Waals surface area contributed by atoms with E-state index in [1.165, 1.54) is 6.08 Å². The van der Waals surface area contributed by atoms with Crippen LogP contribution in [0.15, 0.2) is 36.9 Å². The van der Waals surface area contributed by atoms with Gasteiger partial charge in [0.15, 0.2) is 0 Å². The van der Waals surface area contributed by atoms with E-state index in [-0.39, 0.29) is 12.3 Å². The maximum Gasteiger partial charge on any atom is 0.340 e. The molecule has 0 aliphatic heterocycles. The second-order valence-corrected chi connectivity index (χ2v) is 3.31. The lowest BCUT2D eigenvalue weighted by atomic mass is 10.1. The number of anilines is 1. The summed E-state index contributed by atoms with van der Waals surface area (Å²) in [4.78, 5) is 23.0. The average molecular weight is 233 g/mol. The molecule has 4 nitrogen and oxygen atoms in total. The monoisotopic (exact) mass is 233 g/mol. The molecular weight excluding hydrogens is 218 g/mol. The number of carbonyl (C=O) groups excluding carboxylic acids is 2. The lowest BCUT2D eigenvalue weighted by molar-refractivity contribution is -0.115. The number of rotatable bonds is 5. The predicted molar refractivity (Wildman–Crippen MR) is 65.8 cm³/mol. The second kappa shape index (κ2) is 6.48. The van der Waals surface area contributed by atoms with Crippen molar-refractivity contribution in [3.8, 4) is 0 Å². The molecule has 1 aromatic rings. The van der Waals surface area contributed by atoms with Gasteiger partial charge >= 0.3 is 5.97 Å². The Bertz CT molecular complexity index is 426. The Kier molecular flexibility index (Phi) is 4.94. The Morgan fingerprint density at radius 2 is 2.12 bits per heavy atom. The smallest absolute Gasteiger partial charge is 0.340 e. The number of ether oxygens (including phenoxy) is 1. The molecule has 0 saturated heterocycles. The molecule has 0 unspecified atom stereocenters. The third-order valence-corrected chi connectivity index (χ3v) is 2.03. The van der Waals surface area contributed by atoms with Crippen LogP contribution < -0.4 is 5.32 Å². The molecule has 0 fully saturated rings. The molecule has 1 amide bonds. The first kappa shape index (κ1) is 13.0. The molecule has 90 valence electrons. The fourth-order valence-electron chi connectivity index (χ4n) is 1.31. The number of hydrogen-bond donors (Lipinski definition) is 1. The Balaban J connectivity index is 2.87. The first-order valence-electron chi connectivity index (χ1n) is 5.36. The Morgan fingerprint density at radius 3 is 2.76 bits per heavy atom. The van der Waals surface area contributed by atoms with Gasteiger partial charge in [0.25, 0.3) is 0 Å². The summed E-state index contributed by atoms with van der Waals surface area (Å²) in [6.45, 7) is 5.51. The molecule has 17 heavy (non-hydrogen) atoms. The predicted octanol–water partition coefficient (Wildman–Crippen LogP) is 2.38. The fraction of sp³-hybridized carbons (Fsp3) is 0.231. The van der Waals surface area contributed by atoms with E-state index in [0.29, 0.717) is 17.9 Å². The molecule has 1 N–H and O–H groups in total. The van der Waals surface area contributed by atoms with Crippen molar-refractivity contribution >= 4 is 17.6 Å². The number of carbonyl (C=O) groups is 2. The number of nitrogens with one attached hydrogen (secondary N) is 1. The molecule has 1 aromatic carbocycles. The molecule has 0 aliphatic rings. The van der Waals surface area contributed by atoms with E-state index in [9.17, 15) is 9.59 Å². The molecule has 0 spiro atoms. The summed E-state index contributed by atoms with van der Waals surface area (Å²) in [5.74, 6) is -0.654. The van der Waals surface area contributed by atoms with Crippen molar-refractivity contribution in [3.63, 3.8) is 0 Å². The van der Waals surface area contributed by atoms with Gasteiger partial charge in [0, 0.05) is 6.42 Å². The minimum atomic E-state index is -0.443. The zero-order valence-electron chi connectivity index (χ0n) is 9.73. The normalized spacial score (nSPS) is 9.47. The maximum absolute atomic E-state index is 11.6. The summed E-state index contributed by atoms with van der Waals surface area (Å²) in [5.41, 5.74) is 0.810. The van der Waals surface area contributed by atoms with Gasteiger partial charge < -0.3 is 10.1 Å². The van der Waals surface area contributed by atoms with Crippen LogP contribution in [0.5, 0.6) is 0 Å². The van der Waals surface area contributed by atoms with Crippen molar-refractivity contribution in [1.82, 2.24) is 0 Å². The highest BCUT2D eigenvalue weighted by Crippen LogP contribution is 2.16. The maximum atomic E-state index is 11.6. The summed E-state index contributed by atoms with van der Waals surface area (Å²) in [7, 11) is 0.